The van der Waals surface area contributed by atoms with Gasteiger partial charge in [0, 0.05) is 30.1 Å². The van der Waals surface area contributed by atoms with Gasteiger partial charge in [0.25, 0.3) is 0 Å². The first-order valence-corrected chi connectivity index (χ1v) is 5.04. The van der Waals surface area contributed by atoms with Crippen molar-refractivity contribution in [2.75, 3.05) is 7.05 Å². The van der Waals surface area contributed by atoms with Crippen LogP contribution in [0.15, 0.2) is 36.7 Å². The van der Waals surface area contributed by atoms with Gasteiger partial charge < -0.3 is 10.4 Å². The Balaban J connectivity index is 2.27. The van der Waals surface area contributed by atoms with E-state index in [0.29, 0.717) is 5.82 Å². The first-order chi connectivity index (χ1) is 7.79. The Morgan fingerprint density at radius 2 is 2.00 bits per heavy atom. The van der Waals surface area contributed by atoms with Crippen molar-refractivity contribution in [3.05, 3.63) is 42.2 Å². The molecule has 1 heterocycles. The van der Waals surface area contributed by atoms with Crippen molar-refractivity contribution in [2.24, 2.45) is 0 Å². The van der Waals surface area contributed by atoms with Gasteiger partial charge in [-0.15, -0.1) is 0 Å². The molecule has 0 radical (unpaired) electrons. The van der Waals surface area contributed by atoms with E-state index in [-0.39, 0.29) is 5.75 Å². The van der Waals surface area contributed by atoms with E-state index < -0.39 is 0 Å². The summed E-state index contributed by atoms with van der Waals surface area (Å²) in [6, 6.07) is 6.91. The molecule has 4 nitrogen and oxygen atoms in total. The van der Waals surface area contributed by atoms with Crippen molar-refractivity contribution in [3.8, 4) is 17.1 Å². The molecule has 4 heteroatoms. The monoisotopic (exact) mass is 215 g/mol. The second-order valence-corrected chi connectivity index (χ2v) is 3.50. The Morgan fingerprint density at radius 1 is 1.25 bits per heavy atom. The molecule has 0 saturated heterocycles. The van der Waals surface area contributed by atoms with Crippen LogP contribution in [-0.2, 0) is 6.54 Å². The minimum absolute atomic E-state index is 0.223. The number of rotatable bonds is 3. The van der Waals surface area contributed by atoms with Gasteiger partial charge in [0.05, 0.1) is 0 Å². The van der Waals surface area contributed by atoms with E-state index in [1.165, 1.54) is 0 Å². The predicted molar refractivity (Wildman–Crippen MR) is 61.9 cm³/mol. The molecule has 2 aromatic rings. The Bertz CT molecular complexity index is 468. The average molecular weight is 215 g/mol. The van der Waals surface area contributed by atoms with Gasteiger partial charge in [-0.05, 0) is 19.2 Å². The lowest BCUT2D eigenvalue weighted by molar-refractivity contribution is 0.475. The maximum Gasteiger partial charge on any atom is 0.159 e. The summed E-state index contributed by atoms with van der Waals surface area (Å²) in [6.45, 7) is 0.750. The lowest BCUT2D eigenvalue weighted by Crippen LogP contribution is -2.06. The Labute approximate surface area is 94.0 Å². The molecule has 0 aliphatic rings. The largest absolute Gasteiger partial charge is 0.508 e. The number of phenolic OH excluding ortho intramolecular Hbond substituents is 1. The molecule has 2 N–H and O–H groups in total. The summed E-state index contributed by atoms with van der Waals surface area (Å²) in [4.78, 5) is 8.49. The van der Waals surface area contributed by atoms with Gasteiger partial charge in [-0.1, -0.05) is 12.1 Å². The standard InChI is InChI=1S/C12H13N3O/c1-13-6-9-7-14-12(15-8-9)10-3-2-4-11(16)5-10/h2-5,7-8,13,16H,6H2,1H3. The Kier molecular flexibility index (Phi) is 3.12. The lowest BCUT2D eigenvalue weighted by Gasteiger charge is -2.02. The lowest BCUT2D eigenvalue weighted by atomic mass is 10.2. The highest BCUT2D eigenvalue weighted by Crippen LogP contribution is 2.19. The van der Waals surface area contributed by atoms with Crippen LogP contribution in [0.25, 0.3) is 11.4 Å². The van der Waals surface area contributed by atoms with Crippen LogP contribution in [0.4, 0.5) is 0 Å². The summed E-state index contributed by atoms with van der Waals surface area (Å²) in [7, 11) is 1.88. The van der Waals surface area contributed by atoms with Crippen LogP contribution in [0, 0.1) is 0 Å². The fraction of sp³-hybridized carbons (Fsp3) is 0.167. The van der Waals surface area contributed by atoms with E-state index in [1.54, 1.807) is 30.6 Å². The van der Waals surface area contributed by atoms with Gasteiger partial charge in [-0.25, -0.2) is 9.97 Å². The van der Waals surface area contributed by atoms with Crippen LogP contribution >= 0.6 is 0 Å². The third kappa shape index (κ3) is 2.35. The molecule has 0 atom stereocenters. The number of aromatic nitrogens is 2. The molecule has 0 saturated carbocycles. The van der Waals surface area contributed by atoms with Crippen molar-refractivity contribution in [1.29, 1.82) is 0 Å². The van der Waals surface area contributed by atoms with Crippen molar-refractivity contribution in [3.63, 3.8) is 0 Å². The second-order valence-electron chi connectivity index (χ2n) is 3.50. The molecule has 0 aliphatic carbocycles. The zero-order valence-electron chi connectivity index (χ0n) is 9.01. The molecular weight excluding hydrogens is 202 g/mol. The number of aromatic hydroxyl groups is 1. The Hall–Kier alpha value is -1.94. The minimum atomic E-state index is 0.223. The summed E-state index contributed by atoms with van der Waals surface area (Å²) < 4.78 is 0. The zero-order valence-corrected chi connectivity index (χ0v) is 9.01. The molecule has 0 fully saturated rings. The SMILES string of the molecule is CNCc1cnc(-c2cccc(O)c2)nc1. The first kappa shape index (κ1) is 10.6. The first-order valence-electron chi connectivity index (χ1n) is 5.04. The van der Waals surface area contributed by atoms with E-state index in [4.69, 9.17) is 0 Å². The number of nitrogens with one attached hydrogen (secondary N) is 1. The van der Waals surface area contributed by atoms with Gasteiger partial charge in [0.1, 0.15) is 5.75 Å². The molecule has 0 bridgehead atoms. The van der Waals surface area contributed by atoms with E-state index in [0.717, 1.165) is 17.7 Å². The van der Waals surface area contributed by atoms with Crippen molar-refractivity contribution in [1.82, 2.24) is 15.3 Å². The number of phenols is 1. The number of hydrogen-bond acceptors (Lipinski definition) is 4. The number of benzene rings is 1. The van der Waals surface area contributed by atoms with Gasteiger partial charge in [0.2, 0.25) is 0 Å². The van der Waals surface area contributed by atoms with Gasteiger partial charge in [-0.2, -0.15) is 0 Å². The van der Waals surface area contributed by atoms with Crippen LogP contribution in [0.2, 0.25) is 0 Å². The molecular formula is C12H13N3O. The smallest absolute Gasteiger partial charge is 0.159 e. The van der Waals surface area contributed by atoms with Crippen LogP contribution in [0.3, 0.4) is 0 Å². The third-order valence-electron chi connectivity index (χ3n) is 2.19. The van der Waals surface area contributed by atoms with Gasteiger partial charge in [0.15, 0.2) is 5.82 Å². The average Bonchev–Trinajstić information content (AvgIpc) is 2.30. The highest BCUT2D eigenvalue weighted by molar-refractivity contribution is 5.56. The molecule has 0 spiro atoms. The van der Waals surface area contributed by atoms with Crippen LogP contribution < -0.4 is 5.32 Å². The summed E-state index contributed by atoms with van der Waals surface area (Å²) in [6.07, 6.45) is 3.56. The summed E-state index contributed by atoms with van der Waals surface area (Å²) >= 11 is 0. The van der Waals surface area contributed by atoms with Gasteiger partial charge in [-0.3, -0.25) is 0 Å². The van der Waals surface area contributed by atoms with Crippen LogP contribution in [-0.4, -0.2) is 22.1 Å². The van der Waals surface area contributed by atoms with Crippen LogP contribution in [0.5, 0.6) is 5.75 Å². The molecule has 2 rings (SSSR count). The van der Waals surface area contributed by atoms with Gasteiger partial charge >= 0.3 is 0 Å². The highest BCUT2D eigenvalue weighted by Gasteiger charge is 2.01. The molecule has 1 aromatic carbocycles. The minimum Gasteiger partial charge on any atom is -0.508 e. The topological polar surface area (TPSA) is 58.0 Å². The van der Waals surface area contributed by atoms with Crippen molar-refractivity contribution >= 4 is 0 Å². The predicted octanol–water partition coefficient (Wildman–Crippen LogP) is 1.57. The fourth-order valence-electron chi connectivity index (χ4n) is 1.44. The van der Waals surface area contributed by atoms with E-state index in [2.05, 4.69) is 15.3 Å². The highest BCUT2D eigenvalue weighted by atomic mass is 16.3. The Morgan fingerprint density at radius 3 is 2.62 bits per heavy atom. The van der Waals surface area contributed by atoms with E-state index in [1.807, 2.05) is 13.1 Å². The second kappa shape index (κ2) is 4.72. The number of nitrogens with zero attached hydrogens (tertiary/aromatic N) is 2. The zero-order chi connectivity index (χ0) is 11.4. The summed E-state index contributed by atoms with van der Waals surface area (Å²) in [5, 5.41) is 12.4. The molecule has 16 heavy (non-hydrogen) atoms. The molecule has 82 valence electrons. The maximum absolute atomic E-state index is 9.35. The van der Waals surface area contributed by atoms with Crippen molar-refractivity contribution < 1.29 is 5.11 Å². The molecule has 0 aliphatic heterocycles. The normalized spacial score (nSPS) is 10.3. The fourth-order valence-corrected chi connectivity index (χ4v) is 1.44. The van der Waals surface area contributed by atoms with E-state index in [9.17, 15) is 5.11 Å². The quantitative estimate of drug-likeness (QED) is 0.816. The van der Waals surface area contributed by atoms with E-state index >= 15 is 0 Å². The third-order valence-corrected chi connectivity index (χ3v) is 2.19. The summed E-state index contributed by atoms with van der Waals surface area (Å²) in [5.41, 5.74) is 1.85. The molecule has 0 amide bonds. The summed E-state index contributed by atoms with van der Waals surface area (Å²) in [5.74, 6) is 0.844. The molecule has 1 aromatic heterocycles. The van der Waals surface area contributed by atoms with Crippen molar-refractivity contribution in [2.45, 2.75) is 6.54 Å². The number of hydrogen-bond donors (Lipinski definition) is 2. The maximum atomic E-state index is 9.35. The van der Waals surface area contributed by atoms with Crippen LogP contribution in [0.1, 0.15) is 5.56 Å². The molecule has 0 unspecified atom stereocenters.